The molecule has 3 nitrogen and oxygen atoms in total. The highest BCUT2D eigenvalue weighted by Gasteiger charge is 2.28. The van der Waals surface area contributed by atoms with Crippen molar-refractivity contribution in [2.45, 2.75) is 32.9 Å². The highest BCUT2D eigenvalue weighted by atomic mass is 19.4. The van der Waals surface area contributed by atoms with E-state index in [-0.39, 0.29) is 25.4 Å². The lowest BCUT2D eigenvalue weighted by Crippen LogP contribution is -2.42. The summed E-state index contributed by atoms with van der Waals surface area (Å²) in [6, 6.07) is 0. The topological polar surface area (TPSA) is 55.1 Å². The Morgan fingerprint density at radius 2 is 1.87 bits per heavy atom. The van der Waals surface area contributed by atoms with Gasteiger partial charge in [0.2, 0.25) is 5.91 Å². The molecule has 0 aliphatic rings. The van der Waals surface area contributed by atoms with Gasteiger partial charge in [-0.05, 0) is 20.3 Å². The summed E-state index contributed by atoms with van der Waals surface area (Å²) in [5.41, 5.74) is 4.62. The number of nitrogens with one attached hydrogen (secondary N) is 1. The maximum atomic E-state index is 11.7. The highest BCUT2D eigenvalue weighted by Crippen LogP contribution is 2.20. The molecule has 0 fully saturated rings. The Bertz CT molecular complexity index is 214. The summed E-state index contributed by atoms with van der Waals surface area (Å²) >= 11 is 0. The molecule has 0 aromatic heterocycles. The van der Waals surface area contributed by atoms with Gasteiger partial charge in [-0.3, -0.25) is 4.79 Å². The monoisotopic (exact) mass is 226 g/mol. The number of nitrogens with two attached hydrogens (primary N) is 1. The Hall–Kier alpha value is -0.780. The lowest BCUT2D eigenvalue weighted by Gasteiger charge is -2.21. The zero-order chi connectivity index (χ0) is 12.1. The Balaban J connectivity index is 3.74. The molecular formula is C9H17F3N2O. The van der Waals surface area contributed by atoms with E-state index in [4.69, 9.17) is 5.73 Å². The van der Waals surface area contributed by atoms with E-state index in [1.807, 2.05) is 0 Å². The van der Waals surface area contributed by atoms with Gasteiger partial charge >= 0.3 is 6.18 Å². The van der Waals surface area contributed by atoms with E-state index in [1.165, 1.54) is 0 Å². The average Bonchev–Trinajstić information content (AvgIpc) is 2.10. The van der Waals surface area contributed by atoms with Crippen LogP contribution in [0, 0.1) is 5.41 Å². The van der Waals surface area contributed by atoms with Crippen LogP contribution >= 0.6 is 0 Å². The van der Waals surface area contributed by atoms with Crippen LogP contribution in [0.5, 0.6) is 0 Å². The van der Waals surface area contributed by atoms with Crippen molar-refractivity contribution in [2.75, 3.05) is 13.1 Å². The second-order valence-electron chi connectivity index (χ2n) is 4.06. The van der Waals surface area contributed by atoms with Crippen LogP contribution in [0.2, 0.25) is 0 Å². The first-order valence-electron chi connectivity index (χ1n) is 4.74. The quantitative estimate of drug-likeness (QED) is 0.697. The van der Waals surface area contributed by atoms with Crippen molar-refractivity contribution in [1.29, 1.82) is 0 Å². The minimum absolute atomic E-state index is 0.0295. The number of amides is 1. The van der Waals surface area contributed by atoms with Crippen molar-refractivity contribution < 1.29 is 18.0 Å². The van der Waals surface area contributed by atoms with Crippen molar-refractivity contribution >= 4 is 5.91 Å². The smallest absolute Gasteiger partial charge is 0.356 e. The van der Waals surface area contributed by atoms with E-state index in [2.05, 4.69) is 5.32 Å². The van der Waals surface area contributed by atoms with E-state index in [0.717, 1.165) is 0 Å². The number of hydrogen-bond donors (Lipinski definition) is 2. The average molecular weight is 226 g/mol. The molecular weight excluding hydrogens is 209 g/mol. The largest absolute Gasteiger partial charge is 0.389 e. The third kappa shape index (κ3) is 6.33. The van der Waals surface area contributed by atoms with Crippen molar-refractivity contribution in [1.82, 2.24) is 5.32 Å². The summed E-state index contributed by atoms with van der Waals surface area (Å²) in [7, 11) is 0. The number of alkyl halides is 3. The number of carbonyl (C=O) groups excluding carboxylic acids is 1. The summed E-state index contributed by atoms with van der Waals surface area (Å²) < 4.78 is 35.2. The lowest BCUT2D eigenvalue weighted by atomic mass is 9.93. The van der Waals surface area contributed by atoms with Crippen LogP contribution in [0.25, 0.3) is 0 Å². The molecule has 15 heavy (non-hydrogen) atoms. The standard InChI is InChI=1S/C9H17F3N2O/c1-8(2,6-13)7(15)14-5-3-4-9(10,11)12/h3-6,13H2,1-2H3,(H,14,15). The number of halogens is 3. The zero-order valence-electron chi connectivity index (χ0n) is 8.95. The van der Waals surface area contributed by atoms with Crippen molar-refractivity contribution in [3.63, 3.8) is 0 Å². The third-order valence-electron chi connectivity index (χ3n) is 2.05. The molecule has 0 saturated heterocycles. The van der Waals surface area contributed by atoms with E-state index < -0.39 is 18.0 Å². The van der Waals surface area contributed by atoms with E-state index in [1.54, 1.807) is 13.8 Å². The van der Waals surface area contributed by atoms with Gasteiger partial charge < -0.3 is 11.1 Å². The van der Waals surface area contributed by atoms with Crippen molar-refractivity contribution in [3.8, 4) is 0 Å². The number of rotatable bonds is 5. The zero-order valence-corrected chi connectivity index (χ0v) is 8.95. The van der Waals surface area contributed by atoms with Crippen LogP contribution in [-0.4, -0.2) is 25.2 Å². The molecule has 0 radical (unpaired) electrons. The first-order valence-corrected chi connectivity index (χ1v) is 4.74. The molecule has 0 rings (SSSR count). The summed E-state index contributed by atoms with van der Waals surface area (Å²) in [6.45, 7) is 3.48. The predicted octanol–water partition coefficient (Wildman–Crippen LogP) is 1.43. The van der Waals surface area contributed by atoms with E-state index in [9.17, 15) is 18.0 Å². The Kier molecular flexibility index (Phi) is 5.07. The molecule has 90 valence electrons. The van der Waals surface area contributed by atoms with Crippen molar-refractivity contribution in [3.05, 3.63) is 0 Å². The van der Waals surface area contributed by atoms with Gasteiger partial charge in [-0.2, -0.15) is 13.2 Å². The molecule has 0 atom stereocenters. The summed E-state index contributed by atoms with van der Waals surface area (Å²) in [5, 5.41) is 2.43. The van der Waals surface area contributed by atoms with Crippen LogP contribution in [0.4, 0.5) is 13.2 Å². The van der Waals surface area contributed by atoms with Crippen LogP contribution in [-0.2, 0) is 4.79 Å². The maximum Gasteiger partial charge on any atom is 0.389 e. The normalized spacial score (nSPS) is 12.7. The van der Waals surface area contributed by atoms with Crippen molar-refractivity contribution in [2.24, 2.45) is 11.1 Å². The Morgan fingerprint density at radius 3 is 2.27 bits per heavy atom. The van der Waals surface area contributed by atoms with Gasteiger partial charge in [-0.25, -0.2) is 0 Å². The molecule has 0 saturated carbocycles. The Labute approximate surface area is 87.2 Å². The van der Waals surface area contributed by atoms with Crippen LogP contribution < -0.4 is 11.1 Å². The van der Waals surface area contributed by atoms with Gasteiger partial charge in [-0.1, -0.05) is 0 Å². The number of hydrogen-bond acceptors (Lipinski definition) is 2. The fourth-order valence-electron chi connectivity index (χ4n) is 0.823. The molecule has 0 aromatic rings. The molecule has 0 aliphatic carbocycles. The minimum Gasteiger partial charge on any atom is -0.356 e. The second-order valence-corrected chi connectivity index (χ2v) is 4.06. The summed E-state index contributed by atoms with van der Waals surface area (Å²) in [5.74, 6) is -0.313. The van der Waals surface area contributed by atoms with Gasteiger partial charge in [0.15, 0.2) is 0 Å². The SMILES string of the molecule is CC(C)(CN)C(=O)NCCCC(F)(F)F. The van der Waals surface area contributed by atoms with Gasteiger partial charge in [0, 0.05) is 19.5 Å². The molecule has 0 heterocycles. The Morgan fingerprint density at radius 1 is 1.33 bits per heavy atom. The number of carbonyl (C=O) groups is 1. The first kappa shape index (κ1) is 14.2. The minimum atomic E-state index is -4.16. The molecule has 1 amide bonds. The maximum absolute atomic E-state index is 11.7. The molecule has 0 unspecified atom stereocenters. The fourth-order valence-corrected chi connectivity index (χ4v) is 0.823. The first-order chi connectivity index (χ1) is 6.69. The lowest BCUT2D eigenvalue weighted by molar-refractivity contribution is -0.137. The molecule has 0 spiro atoms. The second kappa shape index (κ2) is 5.34. The van der Waals surface area contributed by atoms with Gasteiger partial charge in [0.05, 0.1) is 5.41 Å². The van der Waals surface area contributed by atoms with Crippen LogP contribution in [0.15, 0.2) is 0 Å². The molecule has 6 heteroatoms. The van der Waals surface area contributed by atoms with Crippen LogP contribution in [0.3, 0.4) is 0 Å². The van der Waals surface area contributed by atoms with E-state index >= 15 is 0 Å². The molecule has 3 N–H and O–H groups in total. The van der Waals surface area contributed by atoms with Gasteiger partial charge in [-0.15, -0.1) is 0 Å². The fraction of sp³-hybridized carbons (Fsp3) is 0.889. The molecule has 0 bridgehead atoms. The third-order valence-corrected chi connectivity index (χ3v) is 2.05. The van der Waals surface area contributed by atoms with Gasteiger partial charge in [0.25, 0.3) is 0 Å². The summed E-state index contributed by atoms with van der Waals surface area (Å²) in [4.78, 5) is 11.3. The summed E-state index contributed by atoms with van der Waals surface area (Å²) in [6.07, 6.45) is -5.14. The highest BCUT2D eigenvalue weighted by molar-refractivity contribution is 5.81. The molecule has 0 aliphatic heterocycles. The predicted molar refractivity (Wildman–Crippen MR) is 51.1 cm³/mol. The molecule has 0 aromatic carbocycles. The van der Waals surface area contributed by atoms with Gasteiger partial charge in [0.1, 0.15) is 0 Å². The van der Waals surface area contributed by atoms with E-state index in [0.29, 0.717) is 0 Å². The van der Waals surface area contributed by atoms with Crippen LogP contribution in [0.1, 0.15) is 26.7 Å².